The lowest BCUT2D eigenvalue weighted by Crippen LogP contribution is -2.39. The van der Waals surface area contributed by atoms with Gasteiger partial charge in [-0.15, -0.1) is 0 Å². The highest BCUT2D eigenvalue weighted by Crippen LogP contribution is 2.34. The normalized spacial score (nSPS) is 19.2. The van der Waals surface area contributed by atoms with Crippen LogP contribution in [0.2, 0.25) is 0 Å². The predicted octanol–water partition coefficient (Wildman–Crippen LogP) is 5.17. The van der Waals surface area contributed by atoms with E-state index in [0.717, 1.165) is 22.6 Å². The third kappa shape index (κ3) is 3.88. The monoisotopic (exact) mass is 391 g/mol. The average molecular weight is 391 g/mol. The van der Waals surface area contributed by atoms with E-state index in [0.29, 0.717) is 5.56 Å². The van der Waals surface area contributed by atoms with E-state index in [-0.39, 0.29) is 12.5 Å². The average Bonchev–Trinajstić information content (AvgIpc) is 3.07. The van der Waals surface area contributed by atoms with E-state index in [9.17, 15) is 22.8 Å². The van der Waals surface area contributed by atoms with Crippen molar-refractivity contribution < 1.29 is 27.5 Å². The van der Waals surface area contributed by atoms with Crippen LogP contribution in [0.4, 0.5) is 18.0 Å². The van der Waals surface area contributed by atoms with E-state index >= 15 is 0 Å². The molecule has 0 aliphatic carbocycles. The molecular formula is C21H20F3NO3. The molecule has 148 valence electrons. The third-order valence-corrected chi connectivity index (χ3v) is 5.20. The van der Waals surface area contributed by atoms with Crippen LogP contribution in [0.5, 0.6) is 0 Å². The van der Waals surface area contributed by atoms with Gasteiger partial charge in [-0.2, -0.15) is 13.2 Å². The Kier molecular flexibility index (Phi) is 5.45. The van der Waals surface area contributed by atoms with Crippen molar-refractivity contribution in [3.05, 3.63) is 71.3 Å². The minimum atomic E-state index is -4.41. The highest BCUT2D eigenvalue weighted by atomic mass is 19.4. The number of rotatable bonds is 4. The summed E-state index contributed by atoms with van der Waals surface area (Å²) in [6.45, 7) is 3.50. The third-order valence-electron chi connectivity index (χ3n) is 5.20. The fourth-order valence-corrected chi connectivity index (χ4v) is 3.28. The zero-order valence-corrected chi connectivity index (χ0v) is 15.4. The van der Waals surface area contributed by atoms with Crippen molar-refractivity contribution in [1.82, 2.24) is 4.90 Å². The van der Waals surface area contributed by atoms with Crippen LogP contribution in [-0.4, -0.2) is 23.5 Å². The molecule has 3 atom stereocenters. The van der Waals surface area contributed by atoms with Gasteiger partial charge >= 0.3 is 12.3 Å². The second-order valence-electron chi connectivity index (χ2n) is 6.91. The van der Waals surface area contributed by atoms with Crippen LogP contribution in [0.1, 0.15) is 42.5 Å². The number of ether oxygens (including phenoxy) is 1. The molecule has 0 N–H and O–H groups in total. The van der Waals surface area contributed by atoms with Crippen molar-refractivity contribution in [3.63, 3.8) is 0 Å². The number of hydrogen-bond acceptors (Lipinski definition) is 3. The van der Waals surface area contributed by atoms with Crippen LogP contribution in [0, 0.1) is 5.92 Å². The number of hydrogen-bond donors (Lipinski definition) is 0. The van der Waals surface area contributed by atoms with E-state index < -0.39 is 35.7 Å². The van der Waals surface area contributed by atoms with Crippen LogP contribution in [0.25, 0.3) is 0 Å². The smallest absolute Gasteiger partial charge is 0.417 e. The fourth-order valence-electron chi connectivity index (χ4n) is 3.28. The molecule has 2 aromatic rings. The Balaban J connectivity index is 1.79. The summed E-state index contributed by atoms with van der Waals surface area (Å²) < 4.78 is 43.3. The first-order valence-electron chi connectivity index (χ1n) is 8.92. The number of carbonyl (C=O) groups is 2. The Bertz CT molecular complexity index is 849. The number of halogens is 3. The number of cyclic esters (lactones) is 1. The topological polar surface area (TPSA) is 46.6 Å². The SMILES string of the molecule is C[C@@H](C(=O)N1C(=O)OC[C@H]1c1ccccc1)[C@@H](C)c1ccc(C(F)(F)F)cc1. The minimum absolute atomic E-state index is 0.0793. The first-order valence-corrected chi connectivity index (χ1v) is 8.92. The number of imide groups is 1. The van der Waals surface area contributed by atoms with Crippen LogP contribution >= 0.6 is 0 Å². The minimum Gasteiger partial charge on any atom is -0.446 e. The molecule has 1 heterocycles. The van der Waals surface area contributed by atoms with Crippen LogP contribution in [-0.2, 0) is 15.7 Å². The largest absolute Gasteiger partial charge is 0.446 e. The molecule has 0 bridgehead atoms. The summed E-state index contributed by atoms with van der Waals surface area (Å²) in [6.07, 6.45) is -5.11. The van der Waals surface area contributed by atoms with Gasteiger partial charge in [-0.25, -0.2) is 9.69 Å². The maximum atomic E-state index is 13.0. The zero-order valence-electron chi connectivity index (χ0n) is 15.4. The van der Waals surface area contributed by atoms with Crippen molar-refractivity contribution in [1.29, 1.82) is 0 Å². The zero-order chi connectivity index (χ0) is 20.5. The molecule has 2 amide bonds. The molecular weight excluding hydrogens is 371 g/mol. The molecule has 1 aliphatic rings. The highest BCUT2D eigenvalue weighted by molar-refractivity contribution is 5.95. The first-order chi connectivity index (χ1) is 13.2. The second kappa shape index (κ2) is 7.66. The van der Waals surface area contributed by atoms with Crippen LogP contribution < -0.4 is 0 Å². The Morgan fingerprint density at radius 3 is 2.25 bits per heavy atom. The quantitative estimate of drug-likeness (QED) is 0.723. The van der Waals surface area contributed by atoms with Gasteiger partial charge in [0.1, 0.15) is 12.6 Å². The molecule has 28 heavy (non-hydrogen) atoms. The van der Waals surface area contributed by atoms with Crippen molar-refractivity contribution in [3.8, 4) is 0 Å². The van der Waals surface area contributed by atoms with Gasteiger partial charge in [-0.1, -0.05) is 56.3 Å². The van der Waals surface area contributed by atoms with Crippen LogP contribution in [0.3, 0.4) is 0 Å². The maximum Gasteiger partial charge on any atom is 0.417 e. The van der Waals surface area contributed by atoms with Gasteiger partial charge in [-0.05, 0) is 29.2 Å². The van der Waals surface area contributed by atoms with Crippen molar-refractivity contribution >= 4 is 12.0 Å². The number of carbonyl (C=O) groups excluding carboxylic acids is 2. The number of benzene rings is 2. The molecule has 0 radical (unpaired) electrons. The van der Waals surface area contributed by atoms with Gasteiger partial charge in [0.15, 0.2) is 0 Å². The Morgan fingerprint density at radius 1 is 1.07 bits per heavy atom. The number of alkyl halides is 3. The molecule has 0 aromatic heterocycles. The predicted molar refractivity (Wildman–Crippen MR) is 96.4 cm³/mol. The Labute approximate surface area is 160 Å². The molecule has 0 saturated carbocycles. The van der Waals surface area contributed by atoms with Gasteiger partial charge in [0.05, 0.1) is 5.56 Å². The second-order valence-corrected chi connectivity index (χ2v) is 6.91. The summed E-state index contributed by atoms with van der Waals surface area (Å²) in [5.41, 5.74) is 0.642. The van der Waals surface area contributed by atoms with E-state index in [2.05, 4.69) is 0 Å². The summed E-state index contributed by atoms with van der Waals surface area (Å²) in [6, 6.07) is 13.3. The molecule has 1 saturated heterocycles. The first kappa shape index (κ1) is 19.9. The highest BCUT2D eigenvalue weighted by Gasteiger charge is 2.41. The fraction of sp³-hybridized carbons (Fsp3) is 0.333. The molecule has 3 rings (SSSR count). The molecule has 0 spiro atoms. The summed E-state index contributed by atoms with van der Waals surface area (Å²) in [5, 5.41) is 0. The standard InChI is InChI=1S/C21H20F3NO3/c1-13(15-8-10-17(11-9-15)21(22,23)24)14(2)19(26)25-18(12-28-20(25)27)16-6-4-3-5-7-16/h3-11,13-14,18H,12H2,1-2H3/t13-,14-,18+/m1/s1. The lowest BCUT2D eigenvalue weighted by molar-refractivity contribution is -0.137. The summed E-state index contributed by atoms with van der Waals surface area (Å²) in [4.78, 5) is 26.3. The van der Waals surface area contributed by atoms with Crippen molar-refractivity contribution in [2.45, 2.75) is 32.0 Å². The maximum absolute atomic E-state index is 13.0. The van der Waals surface area contributed by atoms with E-state index in [1.54, 1.807) is 13.8 Å². The Morgan fingerprint density at radius 2 is 1.68 bits per heavy atom. The van der Waals surface area contributed by atoms with Gasteiger partial charge < -0.3 is 4.74 Å². The molecule has 7 heteroatoms. The van der Waals surface area contributed by atoms with Crippen molar-refractivity contribution in [2.24, 2.45) is 5.92 Å². The summed E-state index contributed by atoms with van der Waals surface area (Å²) >= 11 is 0. The number of amides is 2. The van der Waals surface area contributed by atoms with E-state index in [4.69, 9.17) is 4.74 Å². The molecule has 4 nitrogen and oxygen atoms in total. The van der Waals surface area contributed by atoms with E-state index in [1.807, 2.05) is 30.3 Å². The van der Waals surface area contributed by atoms with Gasteiger partial charge in [-0.3, -0.25) is 4.79 Å². The molecule has 2 aromatic carbocycles. The molecule has 1 fully saturated rings. The lowest BCUT2D eigenvalue weighted by Gasteiger charge is -2.26. The van der Waals surface area contributed by atoms with Gasteiger partial charge in [0.25, 0.3) is 0 Å². The van der Waals surface area contributed by atoms with E-state index in [1.165, 1.54) is 12.1 Å². The van der Waals surface area contributed by atoms with Crippen molar-refractivity contribution in [2.75, 3.05) is 6.61 Å². The lowest BCUT2D eigenvalue weighted by atomic mass is 9.87. The molecule has 0 unspecified atom stereocenters. The summed E-state index contributed by atoms with van der Waals surface area (Å²) in [5.74, 6) is -1.41. The van der Waals surface area contributed by atoms with Gasteiger partial charge in [0.2, 0.25) is 5.91 Å². The summed E-state index contributed by atoms with van der Waals surface area (Å²) in [7, 11) is 0. The van der Waals surface area contributed by atoms with Crippen LogP contribution in [0.15, 0.2) is 54.6 Å². The van der Waals surface area contributed by atoms with Gasteiger partial charge in [0, 0.05) is 5.92 Å². The Hall–Kier alpha value is -2.83. The number of nitrogens with zero attached hydrogens (tertiary/aromatic N) is 1. The molecule has 1 aliphatic heterocycles.